The standard InChI is InChI=1S/C19H16FN3O/c20-14-6-4-13(5-7-14)16-12-23(18-3-1-2-10-24-18)17-9-8-15(11-21)22-19(16)17/h4-9,12,18H,1-3,10H2. The molecule has 0 bridgehead atoms. The predicted octanol–water partition coefficient (Wildman–Crippen LogP) is 4.41. The fourth-order valence-corrected chi connectivity index (χ4v) is 3.21. The van der Waals surface area contributed by atoms with Crippen LogP contribution in [0.15, 0.2) is 42.6 Å². The molecule has 1 aliphatic heterocycles. The molecule has 4 nitrogen and oxygen atoms in total. The molecule has 1 fully saturated rings. The van der Waals surface area contributed by atoms with Gasteiger partial charge in [-0.3, -0.25) is 0 Å². The molecule has 0 N–H and O–H groups in total. The van der Waals surface area contributed by atoms with Gasteiger partial charge in [-0.25, -0.2) is 9.37 Å². The Morgan fingerprint density at radius 1 is 1.17 bits per heavy atom. The normalized spacial score (nSPS) is 17.8. The Balaban J connectivity index is 1.91. The highest BCUT2D eigenvalue weighted by molar-refractivity contribution is 5.93. The Kier molecular flexibility index (Phi) is 3.75. The van der Waals surface area contributed by atoms with E-state index in [0.29, 0.717) is 5.69 Å². The Hall–Kier alpha value is -2.71. The number of rotatable bonds is 2. The summed E-state index contributed by atoms with van der Waals surface area (Å²) in [6, 6.07) is 12.0. The molecule has 1 aliphatic rings. The molecule has 0 spiro atoms. The van der Waals surface area contributed by atoms with Gasteiger partial charge in [0.2, 0.25) is 0 Å². The van der Waals surface area contributed by atoms with E-state index < -0.39 is 0 Å². The van der Waals surface area contributed by atoms with Crippen molar-refractivity contribution in [2.45, 2.75) is 25.5 Å². The SMILES string of the molecule is N#Cc1ccc2c(n1)c(-c1ccc(F)cc1)cn2C1CCCCO1. The zero-order chi connectivity index (χ0) is 16.5. The van der Waals surface area contributed by atoms with E-state index in [9.17, 15) is 4.39 Å². The number of aromatic nitrogens is 2. The number of halogens is 1. The minimum absolute atomic E-state index is 0.0230. The average molecular weight is 321 g/mol. The van der Waals surface area contributed by atoms with Crippen LogP contribution in [-0.4, -0.2) is 16.2 Å². The van der Waals surface area contributed by atoms with Crippen LogP contribution >= 0.6 is 0 Å². The van der Waals surface area contributed by atoms with Crippen LogP contribution in [0.3, 0.4) is 0 Å². The first-order chi connectivity index (χ1) is 11.8. The first-order valence-corrected chi connectivity index (χ1v) is 8.05. The molecule has 1 atom stereocenters. The lowest BCUT2D eigenvalue weighted by atomic mass is 10.1. The van der Waals surface area contributed by atoms with Crippen LogP contribution < -0.4 is 0 Å². The van der Waals surface area contributed by atoms with E-state index in [1.807, 2.05) is 12.3 Å². The molecule has 0 saturated carbocycles. The van der Waals surface area contributed by atoms with E-state index in [2.05, 4.69) is 15.6 Å². The molecule has 0 aliphatic carbocycles. The second-order valence-corrected chi connectivity index (χ2v) is 5.95. The zero-order valence-electron chi connectivity index (χ0n) is 13.1. The zero-order valence-corrected chi connectivity index (χ0v) is 13.1. The van der Waals surface area contributed by atoms with Gasteiger partial charge in [0.1, 0.15) is 23.8 Å². The number of hydrogen-bond donors (Lipinski definition) is 0. The second-order valence-electron chi connectivity index (χ2n) is 5.95. The molecular weight excluding hydrogens is 305 g/mol. The van der Waals surface area contributed by atoms with Crippen molar-refractivity contribution < 1.29 is 9.13 Å². The highest BCUT2D eigenvalue weighted by atomic mass is 19.1. The first-order valence-electron chi connectivity index (χ1n) is 8.05. The van der Waals surface area contributed by atoms with Gasteiger partial charge in [0.25, 0.3) is 0 Å². The van der Waals surface area contributed by atoms with Gasteiger partial charge in [-0.1, -0.05) is 12.1 Å². The van der Waals surface area contributed by atoms with E-state index >= 15 is 0 Å². The topological polar surface area (TPSA) is 50.8 Å². The summed E-state index contributed by atoms with van der Waals surface area (Å²) in [6.07, 6.45) is 5.14. The van der Waals surface area contributed by atoms with Crippen molar-refractivity contribution in [3.8, 4) is 17.2 Å². The molecule has 5 heteroatoms. The molecule has 2 aromatic heterocycles. The molecule has 1 aromatic carbocycles. The van der Waals surface area contributed by atoms with Gasteiger partial charge in [-0.2, -0.15) is 5.26 Å². The van der Waals surface area contributed by atoms with Gasteiger partial charge in [0.15, 0.2) is 0 Å². The molecule has 24 heavy (non-hydrogen) atoms. The third-order valence-electron chi connectivity index (χ3n) is 4.41. The van der Waals surface area contributed by atoms with Gasteiger partial charge < -0.3 is 9.30 Å². The highest BCUT2D eigenvalue weighted by Crippen LogP contribution is 2.34. The van der Waals surface area contributed by atoms with Gasteiger partial charge in [0, 0.05) is 18.4 Å². The third kappa shape index (κ3) is 2.55. The van der Waals surface area contributed by atoms with Crippen molar-refractivity contribution in [3.63, 3.8) is 0 Å². The Morgan fingerprint density at radius 2 is 2.00 bits per heavy atom. The second kappa shape index (κ2) is 6.06. The summed E-state index contributed by atoms with van der Waals surface area (Å²) < 4.78 is 21.2. The third-order valence-corrected chi connectivity index (χ3v) is 4.41. The quantitative estimate of drug-likeness (QED) is 0.702. The summed E-state index contributed by atoms with van der Waals surface area (Å²) in [6.45, 7) is 0.750. The van der Waals surface area contributed by atoms with Crippen LogP contribution in [-0.2, 0) is 4.74 Å². The maximum Gasteiger partial charge on any atom is 0.141 e. The fraction of sp³-hybridized carbons (Fsp3) is 0.263. The molecule has 3 heterocycles. The lowest BCUT2D eigenvalue weighted by molar-refractivity contribution is -0.0291. The number of nitriles is 1. The van der Waals surface area contributed by atoms with Gasteiger partial charge in [-0.15, -0.1) is 0 Å². The summed E-state index contributed by atoms with van der Waals surface area (Å²) in [5.74, 6) is -0.274. The van der Waals surface area contributed by atoms with Crippen molar-refractivity contribution in [3.05, 3.63) is 54.1 Å². The van der Waals surface area contributed by atoms with Crippen molar-refractivity contribution in [2.75, 3.05) is 6.61 Å². The smallest absolute Gasteiger partial charge is 0.141 e. The highest BCUT2D eigenvalue weighted by Gasteiger charge is 2.21. The number of pyridine rings is 1. The van der Waals surface area contributed by atoms with Crippen LogP contribution in [0.25, 0.3) is 22.2 Å². The first kappa shape index (κ1) is 14.9. The Labute approximate surface area is 139 Å². The van der Waals surface area contributed by atoms with Crippen molar-refractivity contribution in [2.24, 2.45) is 0 Å². The van der Waals surface area contributed by atoms with Crippen LogP contribution in [0.2, 0.25) is 0 Å². The Bertz CT molecular complexity index is 918. The Morgan fingerprint density at radius 3 is 2.71 bits per heavy atom. The molecule has 120 valence electrons. The van der Waals surface area contributed by atoms with Gasteiger partial charge in [-0.05, 0) is 49.1 Å². The summed E-state index contributed by atoms with van der Waals surface area (Å²) in [7, 11) is 0. The average Bonchev–Trinajstić information content (AvgIpc) is 3.02. The largest absolute Gasteiger partial charge is 0.358 e. The summed E-state index contributed by atoms with van der Waals surface area (Å²) in [5, 5.41) is 9.16. The lowest BCUT2D eigenvalue weighted by Crippen LogP contribution is -2.17. The number of fused-ring (bicyclic) bond motifs is 1. The van der Waals surface area contributed by atoms with E-state index in [-0.39, 0.29) is 12.0 Å². The predicted molar refractivity (Wildman–Crippen MR) is 88.7 cm³/mol. The summed E-state index contributed by atoms with van der Waals surface area (Å²) >= 11 is 0. The summed E-state index contributed by atoms with van der Waals surface area (Å²) in [4.78, 5) is 4.48. The van der Waals surface area contributed by atoms with Crippen molar-refractivity contribution >= 4 is 11.0 Å². The molecule has 1 saturated heterocycles. The molecule has 4 rings (SSSR count). The molecule has 1 unspecified atom stereocenters. The van der Waals surface area contributed by atoms with Crippen molar-refractivity contribution in [1.29, 1.82) is 5.26 Å². The van der Waals surface area contributed by atoms with E-state index in [0.717, 1.165) is 48.0 Å². The molecular formula is C19H16FN3O. The maximum atomic E-state index is 13.2. The lowest BCUT2D eigenvalue weighted by Gasteiger charge is -2.24. The van der Waals surface area contributed by atoms with Crippen LogP contribution in [0.1, 0.15) is 31.2 Å². The van der Waals surface area contributed by atoms with Gasteiger partial charge in [0.05, 0.1) is 11.0 Å². The van der Waals surface area contributed by atoms with Gasteiger partial charge >= 0.3 is 0 Å². The molecule has 0 amide bonds. The monoisotopic (exact) mass is 321 g/mol. The fourth-order valence-electron chi connectivity index (χ4n) is 3.21. The van der Waals surface area contributed by atoms with Crippen LogP contribution in [0, 0.1) is 17.1 Å². The van der Waals surface area contributed by atoms with E-state index in [4.69, 9.17) is 10.00 Å². The van der Waals surface area contributed by atoms with Crippen LogP contribution in [0.5, 0.6) is 0 Å². The number of hydrogen-bond acceptors (Lipinski definition) is 3. The minimum Gasteiger partial charge on any atom is -0.358 e. The summed E-state index contributed by atoms with van der Waals surface area (Å²) in [5.41, 5.74) is 3.80. The number of ether oxygens (including phenoxy) is 1. The molecule has 3 aromatic rings. The number of nitrogens with zero attached hydrogens (tertiary/aromatic N) is 3. The van der Waals surface area contributed by atoms with E-state index in [1.54, 1.807) is 18.2 Å². The van der Waals surface area contributed by atoms with Crippen molar-refractivity contribution in [1.82, 2.24) is 9.55 Å². The van der Waals surface area contributed by atoms with Crippen LogP contribution in [0.4, 0.5) is 4.39 Å². The maximum absolute atomic E-state index is 13.2. The van der Waals surface area contributed by atoms with E-state index in [1.165, 1.54) is 12.1 Å². The molecule has 0 radical (unpaired) electrons. The minimum atomic E-state index is -0.274. The number of benzene rings is 1.